The van der Waals surface area contributed by atoms with Crippen molar-refractivity contribution in [1.29, 1.82) is 0 Å². The van der Waals surface area contributed by atoms with E-state index in [-0.39, 0.29) is 195 Å². The van der Waals surface area contributed by atoms with Gasteiger partial charge in [0.1, 0.15) is 0 Å². The molecular weight excluding hydrogens is 211 g/mol. The minimum absolute atomic E-state index is 0. The van der Waals surface area contributed by atoms with Crippen molar-refractivity contribution in [2.45, 2.75) is 0 Å². The Hall–Kier alpha value is 6.05. The van der Waals surface area contributed by atoms with Crippen LogP contribution in [-0.4, -0.2) is 0 Å². The zero-order chi connectivity index (χ0) is 0. The Kier molecular flexibility index (Phi) is 423. The Balaban J connectivity index is 0. The van der Waals surface area contributed by atoms with E-state index in [0.29, 0.717) is 0 Å². The van der Waals surface area contributed by atoms with Crippen LogP contribution in [0.25, 0.3) is 0 Å². The van der Waals surface area contributed by atoms with Gasteiger partial charge in [-0.2, -0.15) is 40.5 Å². The van der Waals surface area contributed by atoms with Gasteiger partial charge in [-0.05, 0) is 0 Å². The first-order valence-electron chi connectivity index (χ1n) is 0. The van der Waals surface area contributed by atoms with Crippen molar-refractivity contribution in [3.63, 3.8) is 0 Å². The summed E-state index contributed by atoms with van der Waals surface area (Å²) >= 11 is 0. The Morgan fingerprint density at radius 3 is 0.375 bits per heavy atom. The maximum Gasteiger partial charge on any atom is 1.00 e. The average Bonchev–Trinajstić information content (AvgIpc) is 0. The second-order valence-electron chi connectivity index (χ2n) is 0. The van der Waals surface area contributed by atoms with E-state index in [2.05, 4.69) is 0 Å². The third kappa shape index (κ3) is 40.2. The van der Waals surface area contributed by atoms with E-state index in [0.717, 1.165) is 0 Å². The average molecular weight is 222 g/mol. The molecule has 0 amide bonds. The fraction of sp³-hybridized carbons (Fsp3) is 0. The van der Waals surface area contributed by atoms with Gasteiger partial charge < -0.3 is 7.13 Å². The molecule has 0 spiro atoms. The van der Waals surface area contributed by atoms with E-state index >= 15 is 0 Å². The molecule has 0 aromatic carbocycles. The van der Waals surface area contributed by atoms with Gasteiger partial charge in [0.15, 0.2) is 0 Å². The second kappa shape index (κ2) is 51.8. The van der Waals surface area contributed by atoms with Crippen LogP contribution >= 0.6 is 40.5 Å². The van der Waals surface area contributed by atoms with Crippen LogP contribution in [0.15, 0.2) is 0 Å². The molecule has 0 aromatic heterocycles. The van der Waals surface area contributed by atoms with Crippen LogP contribution in [0.3, 0.4) is 0 Å². The van der Waals surface area contributed by atoms with Gasteiger partial charge in [0.05, 0.1) is 0 Å². The third-order valence-electron chi connectivity index (χ3n) is 0. The van der Waals surface area contributed by atoms with Crippen LogP contribution in [0.4, 0.5) is 0 Å². The minimum atomic E-state index is 0. The van der Waals surface area contributed by atoms with Gasteiger partial charge in [-0.25, -0.2) is 0 Å². The first-order chi connectivity index (χ1) is 0. The van der Waals surface area contributed by atoms with Gasteiger partial charge in [-0.1, -0.05) is 0 Å². The van der Waals surface area contributed by atoms with Crippen molar-refractivity contribution in [3.05, 3.63) is 0 Å². The third-order valence-corrected chi connectivity index (χ3v) is 0. The number of hydrogen-bond acceptors (Lipinski definition) is 0. The van der Waals surface area contributed by atoms with Crippen LogP contribution in [0.2, 0.25) is 0 Å². The summed E-state index contributed by atoms with van der Waals surface area (Å²) in [7, 11) is 0. The SMILES string of the molecule is S.S.S.[H-].[H-].[H-].[H-].[H-].[Na+].[Na+].[Na+].[Na+].[Na+]. The Morgan fingerprint density at radius 2 is 0.375 bits per heavy atom. The molecule has 0 aromatic rings. The molecule has 0 saturated heterocycles. The molecular formula is H11Na5S3. The van der Waals surface area contributed by atoms with Gasteiger partial charge in [-0.15, -0.1) is 0 Å². The molecule has 0 aliphatic rings. The largest absolute Gasteiger partial charge is 1.00 e. The van der Waals surface area contributed by atoms with Crippen LogP contribution in [0, 0.1) is 0 Å². The van der Waals surface area contributed by atoms with Crippen molar-refractivity contribution in [2.75, 3.05) is 0 Å². The molecule has 0 atom stereocenters. The van der Waals surface area contributed by atoms with E-state index in [1.54, 1.807) is 0 Å². The van der Waals surface area contributed by atoms with Crippen LogP contribution in [-0.2, 0) is 0 Å². The van der Waals surface area contributed by atoms with E-state index in [9.17, 15) is 0 Å². The fourth-order valence-electron chi connectivity index (χ4n) is 0. The predicted octanol–water partition coefficient (Wildman–Crippen LogP) is -14.1. The Bertz CT molecular complexity index is 20.1. The topological polar surface area (TPSA) is 0 Å². The van der Waals surface area contributed by atoms with Gasteiger partial charge >= 0.3 is 148 Å². The van der Waals surface area contributed by atoms with Gasteiger partial charge in [-0.3, -0.25) is 0 Å². The molecule has 8 heavy (non-hydrogen) atoms. The molecule has 8 heteroatoms. The molecule has 0 aliphatic heterocycles. The summed E-state index contributed by atoms with van der Waals surface area (Å²) < 4.78 is 0. The summed E-state index contributed by atoms with van der Waals surface area (Å²) in [6.07, 6.45) is 0. The van der Waals surface area contributed by atoms with E-state index < -0.39 is 0 Å². The first-order valence-corrected chi connectivity index (χ1v) is 0. The van der Waals surface area contributed by atoms with E-state index in [4.69, 9.17) is 0 Å². The monoisotopic (exact) mass is 222 g/mol. The summed E-state index contributed by atoms with van der Waals surface area (Å²) in [6, 6.07) is 0. The molecule has 0 aliphatic carbocycles. The molecule has 0 heterocycles. The summed E-state index contributed by atoms with van der Waals surface area (Å²) in [6.45, 7) is 0. The standard InChI is InChI=1S/5Na.3H2S.5H/h;;;;;3*1H2;;;;;/q5*+1;;;;5*-1. The van der Waals surface area contributed by atoms with E-state index in [1.165, 1.54) is 0 Å². The molecule has 0 fully saturated rings. The normalized spacial score (nSPS) is 0. The van der Waals surface area contributed by atoms with Crippen LogP contribution in [0.1, 0.15) is 7.13 Å². The van der Waals surface area contributed by atoms with Gasteiger partial charge in [0, 0.05) is 0 Å². The smallest absolute Gasteiger partial charge is 1.00 e. The van der Waals surface area contributed by atoms with Crippen molar-refractivity contribution < 1.29 is 155 Å². The number of hydrogen-bond donors (Lipinski definition) is 0. The first kappa shape index (κ1) is 65.4. The molecule has 0 N–H and O–H groups in total. The van der Waals surface area contributed by atoms with E-state index in [1.807, 2.05) is 0 Å². The van der Waals surface area contributed by atoms with Gasteiger partial charge in [0.2, 0.25) is 0 Å². The predicted molar refractivity (Wildman–Crippen MR) is 36.7 cm³/mol. The molecule has 0 saturated carbocycles. The molecule has 0 radical (unpaired) electrons. The van der Waals surface area contributed by atoms with Gasteiger partial charge in [0.25, 0.3) is 0 Å². The van der Waals surface area contributed by atoms with Crippen molar-refractivity contribution in [2.24, 2.45) is 0 Å². The number of rotatable bonds is 0. The summed E-state index contributed by atoms with van der Waals surface area (Å²) in [5, 5.41) is 0. The maximum atomic E-state index is 0. The van der Waals surface area contributed by atoms with Crippen LogP contribution < -0.4 is 148 Å². The second-order valence-corrected chi connectivity index (χ2v) is 0. The Morgan fingerprint density at radius 1 is 0.375 bits per heavy atom. The zero-order valence-electron chi connectivity index (χ0n) is 11.5. The maximum absolute atomic E-state index is 0. The van der Waals surface area contributed by atoms with Crippen molar-refractivity contribution in [1.82, 2.24) is 0 Å². The fourth-order valence-corrected chi connectivity index (χ4v) is 0. The quantitative estimate of drug-likeness (QED) is 0.357. The van der Waals surface area contributed by atoms with Crippen molar-refractivity contribution >= 4 is 40.5 Å². The molecule has 0 unspecified atom stereocenters. The van der Waals surface area contributed by atoms with Crippen molar-refractivity contribution in [3.8, 4) is 0 Å². The van der Waals surface area contributed by atoms with Crippen LogP contribution in [0.5, 0.6) is 0 Å². The zero-order valence-corrected chi connectivity index (χ0v) is 19.5. The molecule has 0 rings (SSSR count). The minimum Gasteiger partial charge on any atom is -1.00 e. The summed E-state index contributed by atoms with van der Waals surface area (Å²) in [4.78, 5) is 0. The molecule has 0 nitrogen and oxygen atoms in total. The summed E-state index contributed by atoms with van der Waals surface area (Å²) in [5.41, 5.74) is 0. The molecule has 0 bridgehead atoms. The summed E-state index contributed by atoms with van der Waals surface area (Å²) in [5.74, 6) is 0. The molecule has 34 valence electrons. The Labute approximate surface area is 190 Å².